The lowest BCUT2D eigenvalue weighted by molar-refractivity contribution is 0.166. The fourth-order valence-electron chi connectivity index (χ4n) is 2.15. The number of hydrogen-bond donors (Lipinski definition) is 1. The van der Waals surface area contributed by atoms with Crippen molar-refractivity contribution in [2.24, 2.45) is 0 Å². The number of hydrazine groups is 1. The van der Waals surface area contributed by atoms with Crippen LogP contribution in [0.2, 0.25) is 5.02 Å². The monoisotopic (exact) mass is 224 g/mol. The second kappa shape index (κ2) is 4.52. The quantitative estimate of drug-likeness (QED) is 0.795. The summed E-state index contributed by atoms with van der Waals surface area (Å²) < 4.78 is 0. The van der Waals surface area contributed by atoms with Gasteiger partial charge in [-0.25, -0.2) is 0 Å². The molecule has 15 heavy (non-hydrogen) atoms. The van der Waals surface area contributed by atoms with Crippen molar-refractivity contribution in [2.75, 3.05) is 14.1 Å². The summed E-state index contributed by atoms with van der Waals surface area (Å²) in [6.45, 7) is 0. The average molecular weight is 225 g/mol. The number of halogens is 1. The maximum atomic E-state index is 6.15. The van der Waals surface area contributed by atoms with Crippen LogP contribution in [0.15, 0.2) is 24.3 Å². The van der Waals surface area contributed by atoms with Crippen molar-refractivity contribution in [3.63, 3.8) is 0 Å². The van der Waals surface area contributed by atoms with Crippen molar-refractivity contribution >= 4 is 11.6 Å². The Balaban J connectivity index is 1.92. The molecule has 0 spiro atoms. The fourth-order valence-corrected chi connectivity index (χ4v) is 2.44. The third-order valence-corrected chi connectivity index (χ3v) is 3.27. The van der Waals surface area contributed by atoms with E-state index < -0.39 is 0 Å². The van der Waals surface area contributed by atoms with Crippen molar-refractivity contribution in [2.45, 2.75) is 24.8 Å². The topological polar surface area (TPSA) is 15.3 Å². The van der Waals surface area contributed by atoms with E-state index in [1.165, 1.54) is 18.4 Å². The molecule has 1 N–H and O–H groups in total. The van der Waals surface area contributed by atoms with Crippen LogP contribution in [-0.4, -0.2) is 25.1 Å². The Bertz CT molecular complexity index is 332. The Hall–Kier alpha value is -0.570. The van der Waals surface area contributed by atoms with Crippen molar-refractivity contribution < 1.29 is 0 Å². The maximum Gasteiger partial charge on any atom is 0.0440 e. The summed E-state index contributed by atoms with van der Waals surface area (Å²) in [5, 5.41) is 2.93. The molecule has 1 aromatic rings. The largest absolute Gasteiger partial charge is 0.253 e. The van der Waals surface area contributed by atoms with Crippen LogP contribution in [-0.2, 0) is 0 Å². The molecule has 82 valence electrons. The molecule has 2 rings (SSSR count). The molecule has 1 saturated carbocycles. The highest BCUT2D eigenvalue weighted by Crippen LogP contribution is 2.39. The summed E-state index contributed by atoms with van der Waals surface area (Å²) in [5.41, 5.74) is 4.69. The van der Waals surface area contributed by atoms with Gasteiger partial charge in [0.15, 0.2) is 0 Å². The minimum absolute atomic E-state index is 0.612. The van der Waals surface area contributed by atoms with E-state index >= 15 is 0 Å². The predicted molar refractivity (Wildman–Crippen MR) is 64.0 cm³/mol. The van der Waals surface area contributed by atoms with E-state index in [0.29, 0.717) is 12.0 Å². The zero-order valence-corrected chi connectivity index (χ0v) is 9.96. The van der Waals surface area contributed by atoms with Crippen LogP contribution >= 0.6 is 11.6 Å². The van der Waals surface area contributed by atoms with Gasteiger partial charge in [-0.1, -0.05) is 29.8 Å². The summed E-state index contributed by atoms with van der Waals surface area (Å²) in [4.78, 5) is 0. The molecule has 1 aromatic carbocycles. The molecule has 1 fully saturated rings. The molecule has 1 aliphatic carbocycles. The van der Waals surface area contributed by atoms with E-state index in [-0.39, 0.29) is 0 Å². The lowest BCUT2D eigenvalue weighted by Crippen LogP contribution is -2.46. The molecule has 3 heteroatoms. The fraction of sp³-hybridized carbons (Fsp3) is 0.500. The van der Waals surface area contributed by atoms with Gasteiger partial charge in [-0.15, -0.1) is 0 Å². The average Bonchev–Trinajstić information content (AvgIpc) is 2.12. The molecule has 0 amide bonds. The molecule has 0 atom stereocenters. The van der Waals surface area contributed by atoms with Gasteiger partial charge in [0.2, 0.25) is 0 Å². The minimum atomic E-state index is 0.612. The van der Waals surface area contributed by atoms with Gasteiger partial charge in [0, 0.05) is 25.2 Å². The van der Waals surface area contributed by atoms with Crippen LogP contribution < -0.4 is 5.43 Å². The smallest absolute Gasteiger partial charge is 0.0440 e. The van der Waals surface area contributed by atoms with Crippen LogP contribution in [0.25, 0.3) is 0 Å². The zero-order valence-electron chi connectivity index (χ0n) is 9.20. The first kappa shape index (κ1) is 10.9. The Labute approximate surface area is 96.2 Å². The maximum absolute atomic E-state index is 6.15. The van der Waals surface area contributed by atoms with Crippen molar-refractivity contribution in [1.29, 1.82) is 0 Å². The van der Waals surface area contributed by atoms with Crippen LogP contribution in [0.4, 0.5) is 0 Å². The predicted octanol–water partition coefficient (Wildman–Crippen LogP) is 2.65. The summed E-state index contributed by atoms with van der Waals surface area (Å²) in [5.74, 6) is 0.635. The molecular weight excluding hydrogens is 208 g/mol. The Kier molecular flexibility index (Phi) is 3.29. The van der Waals surface area contributed by atoms with Crippen LogP contribution in [0, 0.1) is 0 Å². The summed E-state index contributed by atoms with van der Waals surface area (Å²) in [6, 6.07) is 8.78. The van der Waals surface area contributed by atoms with Gasteiger partial charge in [-0.2, -0.15) is 0 Å². The molecule has 2 nitrogen and oxygen atoms in total. The lowest BCUT2D eigenvalue weighted by atomic mass is 9.76. The minimum Gasteiger partial charge on any atom is -0.253 e. The molecule has 0 heterocycles. The van der Waals surface area contributed by atoms with Gasteiger partial charge < -0.3 is 0 Å². The van der Waals surface area contributed by atoms with E-state index in [2.05, 4.69) is 17.6 Å². The normalized spacial score (nSPS) is 25.3. The SMILES string of the molecule is CN(C)NC1CC(c2ccccc2Cl)C1. The molecular formula is C12H17ClN2. The van der Waals surface area contributed by atoms with Crippen LogP contribution in [0.5, 0.6) is 0 Å². The van der Waals surface area contributed by atoms with Crippen LogP contribution in [0.1, 0.15) is 24.3 Å². The van der Waals surface area contributed by atoms with E-state index in [1.54, 1.807) is 0 Å². The molecule has 0 saturated heterocycles. The first-order valence-electron chi connectivity index (χ1n) is 5.34. The second-order valence-corrected chi connectivity index (χ2v) is 4.82. The first-order chi connectivity index (χ1) is 7.16. The van der Waals surface area contributed by atoms with Crippen LogP contribution in [0.3, 0.4) is 0 Å². The molecule has 1 aliphatic rings. The Morgan fingerprint density at radius 2 is 1.93 bits per heavy atom. The summed E-state index contributed by atoms with van der Waals surface area (Å²) in [6.07, 6.45) is 2.36. The van der Waals surface area contributed by atoms with Crippen molar-refractivity contribution in [3.05, 3.63) is 34.9 Å². The molecule has 0 aliphatic heterocycles. The van der Waals surface area contributed by atoms with Gasteiger partial charge in [0.05, 0.1) is 0 Å². The van der Waals surface area contributed by atoms with Gasteiger partial charge in [-0.05, 0) is 30.4 Å². The molecule has 0 unspecified atom stereocenters. The third kappa shape index (κ3) is 2.51. The standard InChI is InChI=1S/C12H17ClN2/c1-15(2)14-10-7-9(8-10)11-5-3-4-6-12(11)13/h3-6,9-10,14H,7-8H2,1-2H3. The van der Waals surface area contributed by atoms with Gasteiger partial charge in [0.25, 0.3) is 0 Å². The number of nitrogens with zero attached hydrogens (tertiary/aromatic N) is 1. The Morgan fingerprint density at radius 1 is 1.27 bits per heavy atom. The van der Waals surface area contributed by atoms with E-state index in [0.717, 1.165) is 5.02 Å². The van der Waals surface area contributed by atoms with E-state index in [1.807, 2.05) is 31.2 Å². The second-order valence-electron chi connectivity index (χ2n) is 4.41. The van der Waals surface area contributed by atoms with E-state index in [9.17, 15) is 0 Å². The van der Waals surface area contributed by atoms with Gasteiger partial charge in [-0.3, -0.25) is 10.4 Å². The van der Waals surface area contributed by atoms with E-state index in [4.69, 9.17) is 11.6 Å². The Morgan fingerprint density at radius 3 is 2.53 bits per heavy atom. The highest BCUT2D eigenvalue weighted by molar-refractivity contribution is 6.31. The first-order valence-corrected chi connectivity index (χ1v) is 5.72. The number of rotatable bonds is 3. The molecule has 0 bridgehead atoms. The summed E-state index contributed by atoms with van der Waals surface area (Å²) in [7, 11) is 4.06. The zero-order chi connectivity index (χ0) is 10.8. The van der Waals surface area contributed by atoms with Crippen molar-refractivity contribution in [1.82, 2.24) is 10.4 Å². The lowest BCUT2D eigenvalue weighted by Gasteiger charge is -2.38. The number of nitrogens with one attached hydrogen (secondary N) is 1. The third-order valence-electron chi connectivity index (χ3n) is 2.92. The molecule has 0 radical (unpaired) electrons. The van der Waals surface area contributed by atoms with Gasteiger partial charge >= 0.3 is 0 Å². The highest BCUT2D eigenvalue weighted by atomic mass is 35.5. The number of benzene rings is 1. The molecule has 0 aromatic heterocycles. The summed E-state index contributed by atoms with van der Waals surface area (Å²) >= 11 is 6.15. The van der Waals surface area contributed by atoms with Gasteiger partial charge in [0.1, 0.15) is 0 Å². The highest BCUT2D eigenvalue weighted by Gasteiger charge is 2.31. The number of hydrogen-bond acceptors (Lipinski definition) is 2. The van der Waals surface area contributed by atoms with Crippen molar-refractivity contribution in [3.8, 4) is 0 Å².